The lowest BCUT2D eigenvalue weighted by atomic mass is 10.1. The van der Waals surface area contributed by atoms with Gasteiger partial charge in [-0.05, 0) is 66.8 Å². The zero-order valence-corrected chi connectivity index (χ0v) is 24.2. The summed E-state index contributed by atoms with van der Waals surface area (Å²) in [5, 5.41) is 3.26. The van der Waals surface area contributed by atoms with E-state index in [0.717, 1.165) is 29.9 Å². The second-order valence-electron chi connectivity index (χ2n) is 11.9. The van der Waals surface area contributed by atoms with Gasteiger partial charge < -0.3 is 14.2 Å². The van der Waals surface area contributed by atoms with Crippen molar-refractivity contribution in [3.8, 4) is 11.5 Å². The van der Waals surface area contributed by atoms with Gasteiger partial charge in [0.2, 0.25) is 5.91 Å². The van der Waals surface area contributed by atoms with Gasteiger partial charge in [0.1, 0.15) is 11.5 Å². The first-order valence-corrected chi connectivity index (χ1v) is 17.5. The number of benzene rings is 1. The van der Waals surface area contributed by atoms with Gasteiger partial charge in [0.15, 0.2) is 0 Å². The van der Waals surface area contributed by atoms with Crippen molar-refractivity contribution in [2.45, 2.75) is 104 Å². The summed E-state index contributed by atoms with van der Waals surface area (Å²) in [6.07, 6.45) is 1.63. The molecule has 0 aromatic heterocycles. The second kappa shape index (κ2) is 10.1. The molecule has 6 heteroatoms. The highest BCUT2D eigenvalue weighted by Gasteiger charge is 2.42. The molecule has 1 unspecified atom stereocenters. The Labute approximate surface area is 193 Å². The Kier molecular flexibility index (Phi) is 9.05. The van der Waals surface area contributed by atoms with E-state index in [-0.39, 0.29) is 21.9 Å². The summed E-state index contributed by atoms with van der Waals surface area (Å²) in [5.74, 6) is 1.88. The van der Waals surface area contributed by atoms with Crippen LogP contribution in [0, 0.1) is 5.92 Å². The Balaban J connectivity index is 3.17. The van der Waals surface area contributed by atoms with E-state index in [1.54, 1.807) is 0 Å². The first-order valence-electron chi connectivity index (χ1n) is 11.7. The molecule has 0 fully saturated rings. The summed E-state index contributed by atoms with van der Waals surface area (Å²) in [6, 6.07) is 6.30. The Morgan fingerprint density at radius 3 is 1.87 bits per heavy atom. The van der Waals surface area contributed by atoms with Gasteiger partial charge in [0.25, 0.3) is 16.6 Å². The molecule has 0 aliphatic heterocycles. The third-order valence-corrected chi connectivity index (χ3v) is 15.8. The lowest BCUT2D eigenvalue weighted by Gasteiger charge is -2.39. The molecule has 0 radical (unpaired) electrons. The summed E-state index contributed by atoms with van der Waals surface area (Å²) in [7, 11) is -4.02. The monoisotopic (exact) mass is 465 g/mol. The highest BCUT2D eigenvalue weighted by Crippen LogP contribution is 2.43. The molecule has 1 rings (SSSR count). The number of carbonyl (C=O) groups excluding carboxylic acids is 1. The van der Waals surface area contributed by atoms with Crippen LogP contribution in [-0.2, 0) is 11.2 Å². The van der Waals surface area contributed by atoms with Gasteiger partial charge in [-0.15, -0.1) is 0 Å². The highest BCUT2D eigenvalue weighted by atomic mass is 28.4. The number of carbonyl (C=O) groups is 1. The van der Waals surface area contributed by atoms with Crippen LogP contribution in [0.3, 0.4) is 0 Å². The number of nitrogens with one attached hydrogen (secondary N) is 1. The quantitative estimate of drug-likeness (QED) is 0.394. The van der Waals surface area contributed by atoms with Crippen molar-refractivity contribution in [3.63, 3.8) is 0 Å². The SMILES string of the molecule is CCC(C)C(=O)NCCc1ccc(O[Si](C)(C)C(C)(C)C)c(O[Si](C)(C)C(C)(C)C)c1. The minimum absolute atomic E-state index is 0.0536. The van der Waals surface area contributed by atoms with Crippen molar-refractivity contribution in [1.29, 1.82) is 0 Å². The summed E-state index contributed by atoms with van der Waals surface area (Å²) in [6.45, 7) is 27.2. The maximum atomic E-state index is 12.1. The molecule has 4 nitrogen and oxygen atoms in total. The lowest BCUT2D eigenvalue weighted by molar-refractivity contribution is -0.124. The Morgan fingerprint density at radius 2 is 1.42 bits per heavy atom. The van der Waals surface area contributed by atoms with Gasteiger partial charge in [-0.2, -0.15) is 0 Å². The van der Waals surface area contributed by atoms with Crippen LogP contribution in [0.5, 0.6) is 11.5 Å². The Morgan fingerprint density at radius 1 is 0.935 bits per heavy atom. The summed E-state index contributed by atoms with van der Waals surface area (Å²) >= 11 is 0. The summed E-state index contributed by atoms with van der Waals surface area (Å²) < 4.78 is 13.4. The van der Waals surface area contributed by atoms with Crippen LogP contribution in [-0.4, -0.2) is 29.1 Å². The fourth-order valence-corrected chi connectivity index (χ4v) is 4.46. The molecule has 0 heterocycles. The van der Waals surface area contributed by atoms with Gasteiger partial charge in [0.05, 0.1) is 0 Å². The van der Waals surface area contributed by atoms with Crippen LogP contribution in [0.2, 0.25) is 36.3 Å². The first-order chi connectivity index (χ1) is 13.9. The van der Waals surface area contributed by atoms with Crippen molar-refractivity contribution in [2.24, 2.45) is 5.92 Å². The van der Waals surface area contributed by atoms with Crippen molar-refractivity contribution >= 4 is 22.5 Å². The molecule has 0 aliphatic rings. The van der Waals surface area contributed by atoms with Crippen molar-refractivity contribution in [2.75, 3.05) is 6.54 Å². The molecular weight excluding hydrogens is 418 g/mol. The Hall–Kier alpha value is -1.28. The number of rotatable bonds is 9. The van der Waals surface area contributed by atoms with E-state index in [0.29, 0.717) is 6.54 Å². The summed E-state index contributed by atoms with van der Waals surface area (Å²) in [4.78, 5) is 12.1. The standard InChI is InChI=1S/C25H47NO3Si2/c1-13-19(2)23(27)26-17-16-20-14-15-21(28-30(9,10)24(3,4)5)22(18-20)29-31(11,12)25(6,7)8/h14-15,18-19H,13,16-17H2,1-12H3,(H,26,27). The average molecular weight is 466 g/mol. The third-order valence-electron chi connectivity index (χ3n) is 7.12. The maximum absolute atomic E-state index is 12.1. The van der Waals surface area contributed by atoms with E-state index in [2.05, 4.69) is 91.2 Å². The van der Waals surface area contributed by atoms with E-state index < -0.39 is 16.6 Å². The second-order valence-corrected chi connectivity index (χ2v) is 21.3. The average Bonchev–Trinajstić information content (AvgIpc) is 2.60. The molecule has 1 atom stereocenters. The topological polar surface area (TPSA) is 47.6 Å². The van der Waals surface area contributed by atoms with Crippen LogP contribution in [0.25, 0.3) is 0 Å². The lowest BCUT2D eigenvalue weighted by Crippen LogP contribution is -2.45. The van der Waals surface area contributed by atoms with Crippen molar-refractivity contribution in [1.82, 2.24) is 5.32 Å². The largest absolute Gasteiger partial charge is 0.541 e. The summed E-state index contributed by atoms with van der Waals surface area (Å²) in [5.41, 5.74) is 1.15. The number of hydrogen-bond acceptors (Lipinski definition) is 3. The number of amides is 1. The zero-order valence-electron chi connectivity index (χ0n) is 22.2. The fourth-order valence-electron chi connectivity index (χ4n) is 2.42. The van der Waals surface area contributed by atoms with Crippen molar-refractivity contribution < 1.29 is 13.6 Å². The smallest absolute Gasteiger partial charge is 0.250 e. The minimum atomic E-state index is -2.02. The molecule has 1 N–H and O–H groups in total. The molecule has 0 bridgehead atoms. The van der Waals surface area contributed by atoms with Crippen molar-refractivity contribution in [3.05, 3.63) is 23.8 Å². The first kappa shape index (κ1) is 27.8. The number of hydrogen-bond donors (Lipinski definition) is 1. The molecule has 1 aromatic carbocycles. The van der Waals surface area contributed by atoms with E-state index in [1.807, 2.05) is 13.8 Å². The van der Waals surface area contributed by atoms with E-state index in [9.17, 15) is 4.79 Å². The van der Waals surface area contributed by atoms with E-state index in [1.165, 1.54) is 0 Å². The fraction of sp³-hybridized carbons (Fsp3) is 0.720. The molecule has 0 aliphatic carbocycles. The molecular formula is C25H47NO3Si2. The molecule has 0 spiro atoms. The van der Waals surface area contributed by atoms with Crippen LogP contribution in [0.15, 0.2) is 18.2 Å². The van der Waals surface area contributed by atoms with Crippen LogP contribution < -0.4 is 14.2 Å². The molecule has 1 amide bonds. The van der Waals surface area contributed by atoms with Gasteiger partial charge in [-0.3, -0.25) is 4.79 Å². The highest BCUT2D eigenvalue weighted by molar-refractivity contribution is 6.75. The zero-order chi connectivity index (χ0) is 24.3. The Bertz CT molecular complexity index is 746. The van der Waals surface area contributed by atoms with Gasteiger partial charge >= 0.3 is 0 Å². The van der Waals surface area contributed by atoms with E-state index >= 15 is 0 Å². The maximum Gasteiger partial charge on any atom is 0.250 e. The van der Waals surface area contributed by atoms with Crippen LogP contribution in [0.4, 0.5) is 0 Å². The van der Waals surface area contributed by atoms with Gasteiger partial charge in [0, 0.05) is 12.5 Å². The van der Waals surface area contributed by atoms with Crippen LogP contribution >= 0.6 is 0 Å². The van der Waals surface area contributed by atoms with E-state index in [4.69, 9.17) is 8.85 Å². The van der Waals surface area contributed by atoms with Crippen LogP contribution in [0.1, 0.15) is 67.4 Å². The van der Waals surface area contributed by atoms with Gasteiger partial charge in [-0.25, -0.2) is 0 Å². The molecule has 0 saturated heterocycles. The predicted molar refractivity (Wildman–Crippen MR) is 138 cm³/mol. The normalized spacial score (nSPS) is 14.2. The molecule has 178 valence electrons. The third kappa shape index (κ3) is 7.67. The molecule has 1 aromatic rings. The molecule has 31 heavy (non-hydrogen) atoms. The minimum Gasteiger partial charge on any atom is -0.541 e. The predicted octanol–water partition coefficient (Wildman–Crippen LogP) is 7.16. The molecule has 0 saturated carbocycles. The van der Waals surface area contributed by atoms with Gasteiger partial charge in [-0.1, -0.05) is 61.5 Å².